The number of benzene rings is 1. The minimum Gasteiger partial charge on any atom is -0.383 e. The first-order chi connectivity index (χ1) is 9.49. The molecule has 2 aromatic rings. The Morgan fingerprint density at radius 1 is 1.35 bits per heavy atom. The molecule has 106 valence electrons. The second-order valence-electron chi connectivity index (χ2n) is 5.91. The summed E-state index contributed by atoms with van der Waals surface area (Å²) in [5.74, 6) is 2.11. The topological polar surface area (TPSA) is 43.8 Å². The van der Waals surface area contributed by atoms with Gasteiger partial charge in [-0.2, -0.15) is 0 Å². The Morgan fingerprint density at radius 3 is 2.60 bits per heavy atom. The number of rotatable bonds is 3. The highest BCUT2D eigenvalue weighted by molar-refractivity contribution is 5.72. The van der Waals surface area contributed by atoms with Gasteiger partial charge in [0.1, 0.15) is 23.2 Å². The zero-order valence-electron chi connectivity index (χ0n) is 12.2. The summed E-state index contributed by atoms with van der Waals surface area (Å²) < 4.78 is 15.5. The predicted octanol–water partition coefficient (Wildman–Crippen LogP) is 4.04. The van der Waals surface area contributed by atoms with Gasteiger partial charge in [0.25, 0.3) is 0 Å². The van der Waals surface area contributed by atoms with Crippen LogP contribution in [0.3, 0.4) is 0 Å². The average molecular weight is 273 g/mol. The van der Waals surface area contributed by atoms with Crippen LogP contribution >= 0.6 is 0 Å². The molecule has 0 atom stereocenters. The molecule has 1 aromatic heterocycles. The van der Waals surface area contributed by atoms with E-state index in [1.807, 2.05) is 6.07 Å². The molecule has 1 aliphatic carbocycles. The van der Waals surface area contributed by atoms with Crippen molar-refractivity contribution in [2.75, 3.05) is 5.73 Å². The Kier molecular flexibility index (Phi) is 3.04. The van der Waals surface area contributed by atoms with Crippen LogP contribution in [-0.2, 0) is 0 Å². The molecule has 0 radical (unpaired) electrons. The van der Waals surface area contributed by atoms with Gasteiger partial charge in [-0.05, 0) is 57.4 Å². The van der Waals surface area contributed by atoms with Crippen molar-refractivity contribution in [1.82, 2.24) is 9.55 Å². The van der Waals surface area contributed by atoms with Crippen molar-refractivity contribution in [3.8, 4) is 11.3 Å². The van der Waals surface area contributed by atoms with Crippen molar-refractivity contribution in [1.29, 1.82) is 0 Å². The summed E-state index contributed by atoms with van der Waals surface area (Å²) >= 11 is 0. The molecule has 20 heavy (non-hydrogen) atoms. The van der Waals surface area contributed by atoms with Crippen LogP contribution in [0.15, 0.2) is 18.2 Å². The fourth-order valence-electron chi connectivity index (χ4n) is 2.64. The molecule has 1 fully saturated rings. The van der Waals surface area contributed by atoms with E-state index in [2.05, 4.69) is 18.4 Å². The fourth-order valence-corrected chi connectivity index (χ4v) is 2.64. The van der Waals surface area contributed by atoms with Crippen LogP contribution in [0.4, 0.5) is 10.2 Å². The van der Waals surface area contributed by atoms with Crippen molar-refractivity contribution in [2.24, 2.45) is 0 Å². The minimum atomic E-state index is -0.196. The summed E-state index contributed by atoms with van der Waals surface area (Å²) in [5.41, 5.74) is 8.59. The summed E-state index contributed by atoms with van der Waals surface area (Å²) in [6.07, 6.45) is 2.37. The van der Waals surface area contributed by atoms with Gasteiger partial charge >= 0.3 is 0 Å². The lowest BCUT2D eigenvalue weighted by molar-refractivity contribution is 0.576. The molecule has 4 heteroatoms. The van der Waals surface area contributed by atoms with Gasteiger partial charge in [-0.25, -0.2) is 9.37 Å². The second kappa shape index (κ2) is 4.62. The molecule has 2 N–H and O–H groups in total. The van der Waals surface area contributed by atoms with Crippen molar-refractivity contribution in [3.63, 3.8) is 0 Å². The second-order valence-corrected chi connectivity index (χ2v) is 5.91. The van der Waals surface area contributed by atoms with E-state index in [1.165, 1.54) is 18.9 Å². The molecule has 0 amide bonds. The van der Waals surface area contributed by atoms with E-state index in [0.717, 1.165) is 17.1 Å². The number of hydrogen-bond acceptors (Lipinski definition) is 2. The predicted molar refractivity (Wildman–Crippen MR) is 79.1 cm³/mol. The van der Waals surface area contributed by atoms with Gasteiger partial charge in [-0.15, -0.1) is 0 Å². The summed E-state index contributed by atoms with van der Waals surface area (Å²) in [7, 11) is 0. The molecule has 0 aliphatic heterocycles. The monoisotopic (exact) mass is 273 g/mol. The molecule has 1 saturated carbocycles. The maximum absolute atomic E-state index is 13.4. The van der Waals surface area contributed by atoms with Crippen molar-refractivity contribution < 1.29 is 4.39 Å². The lowest BCUT2D eigenvalue weighted by Crippen LogP contribution is -2.08. The summed E-state index contributed by atoms with van der Waals surface area (Å²) in [4.78, 5) is 4.75. The van der Waals surface area contributed by atoms with Crippen molar-refractivity contribution >= 4 is 5.82 Å². The van der Waals surface area contributed by atoms with Gasteiger partial charge in [-0.3, -0.25) is 0 Å². The molecule has 1 aromatic carbocycles. The SMILES string of the molecule is Cc1cc(-c2nc(C3CC3)n(C(C)C)c2N)ccc1F. The minimum absolute atomic E-state index is 0.196. The third-order valence-electron chi connectivity index (χ3n) is 3.87. The Morgan fingerprint density at radius 2 is 2.05 bits per heavy atom. The molecule has 0 bridgehead atoms. The third-order valence-corrected chi connectivity index (χ3v) is 3.87. The molecule has 1 heterocycles. The molecule has 3 nitrogen and oxygen atoms in total. The first-order valence-electron chi connectivity index (χ1n) is 7.13. The number of hydrogen-bond donors (Lipinski definition) is 1. The van der Waals surface area contributed by atoms with Crippen LogP contribution in [0.25, 0.3) is 11.3 Å². The number of anilines is 1. The van der Waals surface area contributed by atoms with Gasteiger partial charge in [-0.1, -0.05) is 0 Å². The van der Waals surface area contributed by atoms with E-state index >= 15 is 0 Å². The van der Waals surface area contributed by atoms with Crippen molar-refractivity contribution in [3.05, 3.63) is 35.4 Å². The van der Waals surface area contributed by atoms with E-state index in [1.54, 1.807) is 13.0 Å². The standard InChI is InChI=1S/C16H20FN3/c1-9(2)20-15(18)14(19-16(20)11-4-5-11)12-6-7-13(17)10(3)8-12/h6-9,11H,4-5,18H2,1-3H3. The average Bonchev–Trinajstić information content (AvgIpc) is 3.16. The zero-order chi connectivity index (χ0) is 14.4. The number of imidazole rings is 1. The smallest absolute Gasteiger partial charge is 0.131 e. The van der Waals surface area contributed by atoms with Gasteiger partial charge in [0, 0.05) is 17.5 Å². The van der Waals surface area contributed by atoms with E-state index in [0.29, 0.717) is 17.3 Å². The maximum Gasteiger partial charge on any atom is 0.131 e. The highest BCUT2D eigenvalue weighted by Crippen LogP contribution is 2.43. The van der Waals surface area contributed by atoms with E-state index in [-0.39, 0.29) is 11.9 Å². The Bertz CT molecular complexity index is 654. The number of nitrogens with zero attached hydrogens (tertiary/aromatic N) is 2. The molecular weight excluding hydrogens is 253 g/mol. The van der Waals surface area contributed by atoms with Crippen LogP contribution in [0.1, 0.15) is 50.0 Å². The molecule has 1 aliphatic rings. The maximum atomic E-state index is 13.4. The van der Waals surface area contributed by atoms with Crippen molar-refractivity contribution in [2.45, 2.75) is 45.6 Å². The lowest BCUT2D eigenvalue weighted by atomic mass is 10.1. The Labute approximate surface area is 118 Å². The third kappa shape index (κ3) is 2.09. The molecule has 0 unspecified atom stereocenters. The molecule has 0 spiro atoms. The summed E-state index contributed by atoms with van der Waals surface area (Å²) in [6.45, 7) is 5.99. The molecular formula is C16H20FN3. The van der Waals surface area contributed by atoms with Crippen LogP contribution < -0.4 is 5.73 Å². The van der Waals surface area contributed by atoms with Gasteiger partial charge in [0.2, 0.25) is 0 Å². The van der Waals surface area contributed by atoms with Crippen LogP contribution in [0, 0.1) is 12.7 Å². The number of aromatic nitrogens is 2. The van der Waals surface area contributed by atoms with Gasteiger partial charge < -0.3 is 10.3 Å². The molecule has 3 rings (SSSR count). The number of halogens is 1. The Hall–Kier alpha value is -1.84. The molecule has 0 saturated heterocycles. The van der Waals surface area contributed by atoms with Gasteiger partial charge in [0.15, 0.2) is 0 Å². The fraction of sp³-hybridized carbons (Fsp3) is 0.438. The normalized spacial score (nSPS) is 15.1. The number of aryl methyl sites for hydroxylation is 1. The van der Waals surface area contributed by atoms with Crippen LogP contribution in [0.5, 0.6) is 0 Å². The van der Waals surface area contributed by atoms with Crippen LogP contribution in [0.2, 0.25) is 0 Å². The largest absolute Gasteiger partial charge is 0.383 e. The highest BCUT2D eigenvalue weighted by atomic mass is 19.1. The van der Waals surface area contributed by atoms with Crippen LogP contribution in [-0.4, -0.2) is 9.55 Å². The van der Waals surface area contributed by atoms with E-state index < -0.39 is 0 Å². The highest BCUT2D eigenvalue weighted by Gasteiger charge is 2.31. The van der Waals surface area contributed by atoms with E-state index in [9.17, 15) is 4.39 Å². The summed E-state index contributed by atoms with van der Waals surface area (Å²) in [5, 5.41) is 0. The number of nitrogens with two attached hydrogens (primary N) is 1. The first-order valence-corrected chi connectivity index (χ1v) is 7.13. The quantitative estimate of drug-likeness (QED) is 0.917. The van der Waals surface area contributed by atoms with Gasteiger partial charge in [0.05, 0.1) is 0 Å². The summed E-state index contributed by atoms with van der Waals surface area (Å²) in [6, 6.07) is 5.33. The van der Waals surface area contributed by atoms with E-state index in [4.69, 9.17) is 10.7 Å². The first kappa shape index (κ1) is 13.2. The number of nitrogen functional groups attached to an aromatic ring is 1. The zero-order valence-corrected chi connectivity index (χ0v) is 12.2. The Balaban J connectivity index is 2.13. The lowest BCUT2D eigenvalue weighted by Gasteiger charge is -2.13.